The molecule has 1 fully saturated rings. The second-order valence-corrected chi connectivity index (χ2v) is 8.27. The van der Waals surface area contributed by atoms with Crippen molar-refractivity contribution in [1.29, 1.82) is 0 Å². The van der Waals surface area contributed by atoms with E-state index in [1.165, 1.54) is 0 Å². The van der Waals surface area contributed by atoms with Gasteiger partial charge in [0, 0.05) is 31.6 Å². The summed E-state index contributed by atoms with van der Waals surface area (Å²) >= 11 is 1.62. The molecule has 1 aliphatic heterocycles. The molecule has 30 heavy (non-hydrogen) atoms. The predicted octanol–water partition coefficient (Wildman–Crippen LogP) is 4.63. The number of phenolic OH excluding ortho intramolecular Hbond substituents is 1. The van der Waals surface area contributed by atoms with Crippen LogP contribution in [0.2, 0.25) is 0 Å². The summed E-state index contributed by atoms with van der Waals surface area (Å²) in [6, 6.07) is 21.1. The molecule has 1 aliphatic rings. The molecule has 0 unspecified atom stereocenters. The monoisotopic (exact) mass is 415 g/mol. The minimum Gasteiger partial charge on any atom is -0.506 e. The number of para-hydroxylation sites is 3. The summed E-state index contributed by atoms with van der Waals surface area (Å²) in [5.74, 6) is 0.307. The fourth-order valence-electron chi connectivity index (χ4n) is 3.96. The largest absolute Gasteiger partial charge is 0.506 e. The van der Waals surface area contributed by atoms with Crippen molar-refractivity contribution < 1.29 is 9.90 Å². The number of aromatic hydroxyl groups is 1. The second-order valence-electron chi connectivity index (χ2n) is 7.32. The lowest BCUT2D eigenvalue weighted by atomic mass is 10.1. The SMILES string of the molecule is O=C(c1cc(-c2cccs2)nc2ccccc12)N1CCN(c2ccccc2O)CC1. The quantitative estimate of drug-likeness (QED) is 0.530. The van der Waals surface area contributed by atoms with E-state index < -0.39 is 0 Å². The molecular formula is C24H21N3O2S. The molecule has 1 saturated heterocycles. The van der Waals surface area contributed by atoms with Crippen molar-refractivity contribution in [3.8, 4) is 16.3 Å². The molecule has 3 heterocycles. The number of anilines is 1. The summed E-state index contributed by atoms with van der Waals surface area (Å²) in [6.45, 7) is 2.59. The number of benzene rings is 2. The van der Waals surface area contributed by atoms with Gasteiger partial charge in [0.05, 0.1) is 27.3 Å². The third-order valence-corrected chi connectivity index (χ3v) is 6.40. The fourth-order valence-corrected chi connectivity index (χ4v) is 4.64. The lowest BCUT2D eigenvalue weighted by molar-refractivity contribution is 0.0748. The number of fused-ring (bicyclic) bond motifs is 1. The third-order valence-electron chi connectivity index (χ3n) is 5.51. The molecule has 1 N–H and O–H groups in total. The zero-order chi connectivity index (χ0) is 20.5. The van der Waals surface area contributed by atoms with Gasteiger partial charge in [-0.25, -0.2) is 4.98 Å². The number of pyridine rings is 1. The number of aromatic nitrogens is 1. The fraction of sp³-hybridized carbons (Fsp3) is 0.167. The van der Waals surface area contributed by atoms with Crippen LogP contribution in [0.25, 0.3) is 21.5 Å². The molecule has 2 aromatic heterocycles. The molecule has 4 aromatic rings. The Balaban J connectivity index is 1.43. The Morgan fingerprint density at radius 1 is 0.933 bits per heavy atom. The summed E-state index contributed by atoms with van der Waals surface area (Å²) < 4.78 is 0. The van der Waals surface area contributed by atoms with Crippen LogP contribution in [-0.2, 0) is 0 Å². The van der Waals surface area contributed by atoms with Gasteiger partial charge in [0.25, 0.3) is 5.91 Å². The minimum absolute atomic E-state index is 0.0309. The first kappa shape index (κ1) is 18.6. The average molecular weight is 416 g/mol. The number of hydrogen-bond acceptors (Lipinski definition) is 5. The van der Waals surface area contributed by atoms with Crippen molar-refractivity contribution >= 4 is 33.8 Å². The molecule has 1 amide bonds. The van der Waals surface area contributed by atoms with Gasteiger partial charge in [0.1, 0.15) is 5.75 Å². The van der Waals surface area contributed by atoms with Crippen LogP contribution in [0.1, 0.15) is 10.4 Å². The molecule has 0 bridgehead atoms. The van der Waals surface area contributed by atoms with E-state index >= 15 is 0 Å². The van der Waals surface area contributed by atoms with Crippen LogP contribution < -0.4 is 4.90 Å². The maximum atomic E-state index is 13.5. The van der Waals surface area contributed by atoms with Crippen LogP contribution in [0.5, 0.6) is 5.75 Å². The highest BCUT2D eigenvalue weighted by Crippen LogP contribution is 2.30. The van der Waals surface area contributed by atoms with E-state index in [-0.39, 0.29) is 11.7 Å². The van der Waals surface area contributed by atoms with E-state index in [0.717, 1.165) is 27.2 Å². The van der Waals surface area contributed by atoms with E-state index in [4.69, 9.17) is 4.98 Å². The summed E-state index contributed by atoms with van der Waals surface area (Å²) in [6.07, 6.45) is 0. The van der Waals surface area contributed by atoms with Crippen molar-refractivity contribution in [2.45, 2.75) is 0 Å². The van der Waals surface area contributed by atoms with Gasteiger partial charge in [0.2, 0.25) is 0 Å². The van der Waals surface area contributed by atoms with Gasteiger partial charge in [-0.05, 0) is 35.7 Å². The Bertz CT molecular complexity index is 1200. The summed E-state index contributed by atoms with van der Waals surface area (Å²) in [5, 5.41) is 13.0. The molecular weight excluding hydrogens is 394 g/mol. The van der Waals surface area contributed by atoms with Crippen LogP contribution in [0.15, 0.2) is 72.1 Å². The number of rotatable bonds is 3. The van der Waals surface area contributed by atoms with Gasteiger partial charge in [-0.1, -0.05) is 36.4 Å². The van der Waals surface area contributed by atoms with Crippen molar-refractivity contribution in [2.24, 2.45) is 0 Å². The van der Waals surface area contributed by atoms with Crippen molar-refractivity contribution in [3.05, 3.63) is 77.7 Å². The van der Waals surface area contributed by atoms with Crippen LogP contribution in [-0.4, -0.2) is 47.1 Å². The van der Waals surface area contributed by atoms with Gasteiger partial charge in [0.15, 0.2) is 0 Å². The first-order valence-electron chi connectivity index (χ1n) is 9.96. The van der Waals surface area contributed by atoms with E-state index in [9.17, 15) is 9.90 Å². The number of carbonyl (C=O) groups is 1. The smallest absolute Gasteiger partial charge is 0.254 e. The molecule has 0 radical (unpaired) electrons. The van der Waals surface area contributed by atoms with Gasteiger partial charge < -0.3 is 14.9 Å². The highest BCUT2D eigenvalue weighted by Gasteiger charge is 2.25. The molecule has 0 aliphatic carbocycles. The van der Waals surface area contributed by atoms with Gasteiger partial charge in [-0.3, -0.25) is 4.79 Å². The van der Waals surface area contributed by atoms with E-state index in [1.54, 1.807) is 17.4 Å². The average Bonchev–Trinajstić information content (AvgIpc) is 3.33. The lowest BCUT2D eigenvalue weighted by Crippen LogP contribution is -2.48. The Hall–Kier alpha value is -3.38. The minimum atomic E-state index is 0.0309. The molecule has 150 valence electrons. The second kappa shape index (κ2) is 7.80. The maximum absolute atomic E-state index is 13.5. The first-order chi connectivity index (χ1) is 14.7. The van der Waals surface area contributed by atoms with Gasteiger partial charge in [-0.15, -0.1) is 11.3 Å². The van der Waals surface area contributed by atoms with Gasteiger partial charge in [-0.2, -0.15) is 0 Å². The van der Waals surface area contributed by atoms with Crippen LogP contribution >= 0.6 is 11.3 Å². The molecule has 2 aromatic carbocycles. The van der Waals surface area contributed by atoms with Crippen molar-refractivity contribution in [3.63, 3.8) is 0 Å². The number of hydrogen-bond donors (Lipinski definition) is 1. The number of nitrogens with zero attached hydrogens (tertiary/aromatic N) is 3. The summed E-state index contributed by atoms with van der Waals surface area (Å²) in [4.78, 5) is 23.3. The Kier molecular flexibility index (Phi) is 4.85. The molecule has 0 spiro atoms. The third kappa shape index (κ3) is 3.39. The highest BCUT2D eigenvalue weighted by atomic mass is 32.1. The number of phenols is 1. The van der Waals surface area contributed by atoms with Crippen LogP contribution in [0, 0.1) is 0 Å². The molecule has 0 atom stereocenters. The predicted molar refractivity (Wildman–Crippen MR) is 121 cm³/mol. The number of piperazine rings is 1. The number of amides is 1. The molecule has 5 nitrogen and oxygen atoms in total. The first-order valence-corrected chi connectivity index (χ1v) is 10.8. The van der Waals surface area contributed by atoms with Crippen molar-refractivity contribution in [1.82, 2.24) is 9.88 Å². The maximum Gasteiger partial charge on any atom is 0.254 e. The highest BCUT2D eigenvalue weighted by molar-refractivity contribution is 7.13. The topological polar surface area (TPSA) is 56.7 Å². The zero-order valence-electron chi connectivity index (χ0n) is 16.4. The normalized spacial score (nSPS) is 14.3. The molecule has 6 heteroatoms. The van der Waals surface area contributed by atoms with Crippen LogP contribution in [0.4, 0.5) is 5.69 Å². The summed E-state index contributed by atoms with van der Waals surface area (Å²) in [5.41, 5.74) is 3.18. The lowest BCUT2D eigenvalue weighted by Gasteiger charge is -2.36. The Morgan fingerprint density at radius 3 is 2.47 bits per heavy atom. The molecule has 5 rings (SSSR count). The number of carbonyl (C=O) groups excluding carboxylic acids is 1. The number of thiophene rings is 1. The van der Waals surface area contributed by atoms with E-state index in [1.807, 2.05) is 70.9 Å². The summed E-state index contributed by atoms with van der Waals surface area (Å²) in [7, 11) is 0. The van der Waals surface area contributed by atoms with E-state index in [0.29, 0.717) is 31.7 Å². The molecule has 0 saturated carbocycles. The Morgan fingerprint density at radius 2 is 1.70 bits per heavy atom. The zero-order valence-corrected chi connectivity index (χ0v) is 17.2. The standard InChI is InChI=1S/C24H21N3O2S/c28-22-9-4-3-8-21(22)26-11-13-27(14-12-26)24(29)18-16-20(23-10-5-15-30-23)25-19-7-2-1-6-17(18)19/h1-10,15-16,28H,11-14H2. The van der Waals surface area contributed by atoms with Crippen molar-refractivity contribution in [2.75, 3.05) is 31.1 Å². The van der Waals surface area contributed by atoms with E-state index in [2.05, 4.69) is 4.90 Å². The van der Waals surface area contributed by atoms with Gasteiger partial charge >= 0.3 is 0 Å². The van der Waals surface area contributed by atoms with Crippen LogP contribution in [0.3, 0.4) is 0 Å². The Labute approximate surface area is 178 Å².